The molecule has 7 heteroatoms. The zero-order valence-corrected chi connectivity index (χ0v) is 15.1. The van der Waals surface area contributed by atoms with Gasteiger partial charge in [-0.3, -0.25) is 14.4 Å². The highest BCUT2D eigenvalue weighted by Crippen LogP contribution is 2.33. The number of rotatable bonds is 4. The summed E-state index contributed by atoms with van der Waals surface area (Å²) < 4.78 is 5.60. The number of hydrogen-bond donors (Lipinski definition) is 1. The third-order valence-corrected chi connectivity index (χ3v) is 4.98. The smallest absolute Gasteiger partial charge is 0.308 e. The second-order valence-corrected chi connectivity index (χ2v) is 7.14. The second-order valence-electron chi connectivity index (χ2n) is 7.14. The molecule has 0 bridgehead atoms. The summed E-state index contributed by atoms with van der Waals surface area (Å²) in [5, 5.41) is 9.26. The first-order valence-electron chi connectivity index (χ1n) is 8.94. The summed E-state index contributed by atoms with van der Waals surface area (Å²) in [5.74, 6) is -0.891. The second kappa shape index (κ2) is 7.35. The SMILES string of the molecule is CC1CC(C(=O)O)CN(C(=O)CCN2C(=O)C(C)Oc3ccccc32)C1. The molecule has 26 heavy (non-hydrogen) atoms. The molecule has 1 N–H and O–H groups in total. The first-order chi connectivity index (χ1) is 12.4. The molecule has 0 radical (unpaired) electrons. The van der Waals surface area contributed by atoms with Crippen LogP contribution in [0.2, 0.25) is 0 Å². The van der Waals surface area contributed by atoms with Crippen LogP contribution in [0, 0.1) is 11.8 Å². The van der Waals surface area contributed by atoms with Gasteiger partial charge < -0.3 is 19.6 Å². The molecular weight excluding hydrogens is 336 g/mol. The molecule has 3 atom stereocenters. The van der Waals surface area contributed by atoms with Crippen molar-refractivity contribution in [2.75, 3.05) is 24.5 Å². The Morgan fingerprint density at radius 2 is 1.96 bits per heavy atom. The van der Waals surface area contributed by atoms with E-state index >= 15 is 0 Å². The maximum Gasteiger partial charge on any atom is 0.308 e. The van der Waals surface area contributed by atoms with Crippen LogP contribution >= 0.6 is 0 Å². The zero-order valence-electron chi connectivity index (χ0n) is 15.1. The molecule has 1 aromatic carbocycles. The number of carbonyl (C=O) groups is 3. The van der Waals surface area contributed by atoms with Gasteiger partial charge in [0, 0.05) is 26.1 Å². The summed E-state index contributed by atoms with van der Waals surface area (Å²) in [6.45, 7) is 4.70. The van der Waals surface area contributed by atoms with Crippen LogP contribution in [0.1, 0.15) is 26.7 Å². The Hall–Kier alpha value is -2.57. The molecule has 0 saturated carbocycles. The number of piperidine rings is 1. The highest BCUT2D eigenvalue weighted by molar-refractivity contribution is 6.00. The van der Waals surface area contributed by atoms with Crippen molar-refractivity contribution < 1.29 is 24.2 Å². The van der Waals surface area contributed by atoms with Crippen LogP contribution in [0.4, 0.5) is 5.69 Å². The van der Waals surface area contributed by atoms with Crippen LogP contribution in [0.25, 0.3) is 0 Å². The molecular formula is C19H24N2O5. The van der Waals surface area contributed by atoms with E-state index in [2.05, 4.69) is 0 Å². The summed E-state index contributed by atoms with van der Waals surface area (Å²) in [5.41, 5.74) is 0.666. The molecule has 1 aromatic rings. The van der Waals surface area contributed by atoms with E-state index in [0.717, 1.165) is 0 Å². The van der Waals surface area contributed by atoms with Crippen LogP contribution < -0.4 is 9.64 Å². The van der Waals surface area contributed by atoms with Gasteiger partial charge in [-0.05, 0) is 31.4 Å². The van der Waals surface area contributed by atoms with Gasteiger partial charge in [0.05, 0.1) is 11.6 Å². The Kier molecular flexibility index (Phi) is 5.15. The van der Waals surface area contributed by atoms with Gasteiger partial charge in [-0.15, -0.1) is 0 Å². The molecule has 140 valence electrons. The molecule has 3 unspecified atom stereocenters. The number of para-hydroxylation sites is 2. The number of carboxylic acids is 1. The minimum atomic E-state index is -0.861. The first kappa shape index (κ1) is 18.2. The monoisotopic (exact) mass is 360 g/mol. The van der Waals surface area contributed by atoms with Gasteiger partial charge in [-0.2, -0.15) is 0 Å². The summed E-state index contributed by atoms with van der Waals surface area (Å²) >= 11 is 0. The number of carbonyl (C=O) groups excluding carboxylic acids is 2. The number of nitrogens with zero attached hydrogens (tertiary/aromatic N) is 2. The number of carboxylic acid groups (broad SMARTS) is 1. The third-order valence-electron chi connectivity index (χ3n) is 4.98. The fourth-order valence-electron chi connectivity index (χ4n) is 3.69. The lowest BCUT2D eigenvalue weighted by Gasteiger charge is -2.36. The maximum absolute atomic E-state index is 12.6. The molecule has 2 aliphatic heterocycles. The van der Waals surface area contributed by atoms with Crippen LogP contribution in [-0.4, -0.2) is 53.5 Å². The van der Waals surface area contributed by atoms with Crippen LogP contribution in [-0.2, 0) is 14.4 Å². The summed E-state index contributed by atoms with van der Waals surface area (Å²) in [6, 6.07) is 7.26. The number of aliphatic carboxylic acids is 1. The highest BCUT2D eigenvalue weighted by Gasteiger charge is 2.34. The summed E-state index contributed by atoms with van der Waals surface area (Å²) in [4.78, 5) is 39.6. The molecule has 1 saturated heterocycles. The number of fused-ring (bicyclic) bond motifs is 1. The Morgan fingerprint density at radius 3 is 2.69 bits per heavy atom. The number of ether oxygens (including phenoxy) is 1. The average Bonchev–Trinajstić information content (AvgIpc) is 2.61. The maximum atomic E-state index is 12.6. The van der Waals surface area contributed by atoms with Gasteiger partial charge in [0.1, 0.15) is 5.75 Å². The van der Waals surface area contributed by atoms with Crippen LogP contribution in [0.5, 0.6) is 5.75 Å². The van der Waals surface area contributed by atoms with Crippen molar-refractivity contribution in [3.8, 4) is 5.75 Å². The van der Waals surface area contributed by atoms with Gasteiger partial charge >= 0.3 is 5.97 Å². The van der Waals surface area contributed by atoms with E-state index in [1.54, 1.807) is 28.9 Å². The van der Waals surface area contributed by atoms with Crippen LogP contribution in [0.15, 0.2) is 24.3 Å². The highest BCUT2D eigenvalue weighted by atomic mass is 16.5. The molecule has 3 rings (SSSR count). The molecule has 7 nitrogen and oxygen atoms in total. The van der Waals surface area contributed by atoms with E-state index in [0.29, 0.717) is 24.4 Å². The van der Waals surface area contributed by atoms with E-state index in [9.17, 15) is 19.5 Å². The van der Waals surface area contributed by atoms with Gasteiger partial charge in [-0.25, -0.2) is 0 Å². The number of benzene rings is 1. The van der Waals surface area contributed by atoms with E-state index in [-0.39, 0.29) is 37.2 Å². The quantitative estimate of drug-likeness (QED) is 0.884. The van der Waals surface area contributed by atoms with Gasteiger partial charge in [-0.1, -0.05) is 19.1 Å². The minimum absolute atomic E-state index is 0.118. The van der Waals surface area contributed by atoms with Crippen molar-refractivity contribution in [2.45, 2.75) is 32.8 Å². The minimum Gasteiger partial charge on any atom is -0.481 e. The van der Waals surface area contributed by atoms with Gasteiger partial charge in [0.15, 0.2) is 6.10 Å². The van der Waals surface area contributed by atoms with Crippen molar-refractivity contribution in [1.29, 1.82) is 0 Å². The van der Waals surface area contributed by atoms with Crippen molar-refractivity contribution in [2.24, 2.45) is 11.8 Å². The first-order valence-corrected chi connectivity index (χ1v) is 8.94. The predicted molar refractivity (Wildman–Crippen MR) is 95.0 cm³/mol. The predicted octanol–water partition coefficient (Wildman–Crippen LogP) is 1.76. The number of amides is 2. The van der Waals surface area contributed by atoms with Crippen molar-refractivity contribution in [1.82, 2.24) is 4.90 Å². The van der Waals surface area contributed by atoms with Gasteiger partial charge in [0.2, 0.25) is 5.91 Å². The topological polar surface area (TPSA) is 87.2 Å². The Balaban J connectivity index is 1.67. The number of likely N-dealkylation sites (tertiary alicyclic amines) is 1. The molecule has 1 fully saturated rings. The molecule has 0 spiro atoms. The Bertz CT molecular complexity index is 720. The molecule has 2 heterocycles. The normalized spacial score (nSPS) is 25.5. The van der Waals surface area contributed by atoms with Crippen LogP contribution in [0.3, 0.4) is 0 Å². The Labute approximate surface area is 152 Å². The fraction of sp³-hybridized carbons (Fsp3) is 0.526. The molecule has 0 aromatic heterocycles. The zero-order chi connectivity index (χ0) is 18.8. The molecule has 2 amide bonds. The fourth-order valence-corrected chi connectivity index (χ4v) is 3.69. The largest absolute Gasteiger partial charge is 0.481 e. The lowest BCUT2D eigenvalue weighted by Crippen LogP contribution is -2.48. The lowest BCUT2D eigenvalue weighted by molar-refractivity contribution is -0.146. The number of anilines is 1. The van der Waals surface area contributed by atoms with E-state index in [4.69, 9.17) is 4.74 Å². The van der Waals surface area contributed by atoms with Crippen molar-refractivity contribution >= 4 is 23.5 Å². The van der Waals surface area contributed by atoms with Crippen molar-refractivity contribution in [3.05, 3.63) is 24.3 Å². The van der Waals surface area contributed by atoms with E-state index in [1.807, 2.05) is 19.1 Å². The average molecular weight is 360 g/mol. The van der Waals surface area contributed by atoms with E-state index in [1.165, 1.54) is 0 Å². The number of hydrogen-bond acceptors (Lipinski definition) is 4. The molecule has 0 aliphatic carbocycles. The standard InChI is InChI=1S/C19H24N2O5/c1-12-9-14(19(24)25)11-20(10-12)17(22)7-8-21-15-5-3-4-6-16(15)26-13(2)18(21)23/h3-6,12-14H,7-11H2,1-2H3,(H,24,25). The van der Waals surface area contributed by atoms with Crippen molar-refractivity contribution in [3.63, 3.8) is 0 Å². The van der Waals surface area contributed by atoms with Gasteiger partial charge in [0.25, 0.3) is 5.91 Å². The summed E-state index contributed by atoms with van der Waals surface area (Å²) in [6.07, 6.45) is 0.157. The molecule has 2 aliphatic rings. The summed E-state index contributed by atoms with van der Waals surface area (Å²) in [7, 11) is 0. The Morgan fingerprint density at radius 1 is 1.23 bits per heavy atom. The lowest BCUT2D eigenvalue weighted by atomic mass is 9.90. The third kappa shape index (κ3) is 3.66. The van der Waals surface area contributed by atoms with E-state index < -0.39 is 18.0 Å².